The SMILES string of the molecule is CC(Nc1n[nH]c(=O)[nH]c1=O)C(=O)N/N=C/c1ccc(C(F)(F)F)cc1. The minimum Gasteiger partial charge on any atom is -0.353 e. The van der Waals surface area contributed by atoms with Crippen molar-refractivity contribution in [2.24, 2.45) is 5.10 Å². The number of aromatic nitrogens is 3. The lowest BCUT2D eigenvalue weighted by atomic mass is 10.1. The van der Waals surface area contributed by atoms with Crippen molar-refractivity contribution >= 4 is 17.9 Å². The lowest BCUT2D eigenvalue weighted by molar-refractivity contribution is -0.137. The molecule has 0 fully saturated rings. The lowest BCUT2D eigenvalue weighted by Crippen LogP contribution is -2.38. The number of halogens is 3. The number of anilines is 1. The van der Waals surface area contributed by atoms with Crippen LogP contribution in [0.25, 0.3) is 0 Å². The first kappa shape index (κ1) is 18.9. The molecule has 26 heavy (non-hydrogen) atoms. The molecule has 2 rings (SSSR count). The summed E-state index contributed by atoms with van der Waals surface area (Å²) in [6, 6.07) is 3.25. The van der Waals surface area contributed by atoms with Crippen LogP contribution in [0, 0.1) is 0 Å². The third kappa shape index (κ3) is 5.03. The van der Waals surface area contributed by atoms with Crippen molar-refractivity contribution in [3.63, 3.8) is 0 Å². The van der Waals surface area contributed by atoms with Gasteiger partial charge in [-0.1, -0.05) is 12.1 Å². The molecule has 0 aliphatic rings. The fraction of sp³-hybridized carbons (Fsp3) is 0.214. The number of nitrogens with zero attached hydrogens (tertiary/aromatic N) is 2. The van der Waals surface area contributed by atoms with E-state index in [4.69, 9.17) is 0 Å². The number of hydrogen-bond donors (Lipinski definition) is 4. The predicted molar refractivity (Wildman–Crippen MR) is 85.7 cm³/mol. The average Bonchev–Trinajstić information content (AvgIpc) is 2.57. The second kappa shape index (κ2) is 7.63. The highest BCUT2D eigenvalue weighted by Crippen LogP contribution is 2.28. The van der Waals surface area contributed by atoms with Gasteiger partial charge in [0.25, 0.3) is 11.5 Å². The molecule has 1 unspecified atom stereocenters. The molecular formula is C14H13F3N6O3. The van der Waals surface area contributed by atoms with Gasteiger partial charge in [0.05, 0.1) is 11.8 Å². The van der Waals surface area contributed by atoms with E-state index in [-0.39, 0.29) is 5.82 Å². The predicted octanol–water partition coefficient (Wildman–Crippen LogP) is 0.428. The number of aromatic amines is 2. The fourth-order valence-electron chi connectivity index (χ4n) is 1.74. The highest BCUT2D eigenvalue weighted by molar-refractivity contribution is 5.86. The first-order valence-electron chi connectivity index (χ1n) is 7.12. The number of carbonyl (C=O) groups excluding carboxylic acids is 1. The van der Waals surface area contributed by atoms with Crippen LogP contribution >= 0.6 is 0 Å². The first-order chi connectivity index (χ1) is 12.2. The quantitative estimate of drug-likeness (QED) is 0.448. The van der Waals surface area contributed by atoms with Gasteiger partial charge in [0, 0.05) is 0 Å². The Morgan fingerprint density at radius 2 is 1.92 bits per heavy atom. The number of alkyl halides is 3. The molecule has 9 nitrogen and oxygen atoms in total. The van der Waals surface area contributed by atoms with E-state index in [9.17, 15) is 27.6 Å². The maximum atomic E-state index is 12.4. The first-order valence-corrected chi connectivity index (χ1v) is 7.12. The summed E-state index contributed by atoms with van der Waals surface area (Å²) >= 11 is 0. The Hall–Kier alpha value is -3.44. The van der Waals surface area contributed by atoms with Crippen molar-refractivity contribution in [2.75, 3.05) is 5.32 Å². The van der Waals surface area contributed by atoms with Crippen LogP contribution in [0.2, 0.25) is 0 Å². The second-order valence-corrected chi connectivity index (χ2v) is 5.08. The van der Waals surface area contributed by atoms with Crippen LogP contribution in [-0.4, -0.2) is 33.3 Å². The third-order valence-corrected chi connectivity index (χ3v) is 3.08. The zero-order chi connectivity index (χ0) is 19.3. The lowest BCUT2D eigenvalue weighted by Gasteiger charge is -2.11. The summed E-state index contributed by atoms with van der Waals surface area (Å²) in [6.07, 6.45) is -3.27. The normalized spacial score (nSPS) is 12.8. The molecule has 0 aliphatic carbocycles. The van der Waals surface area contributed by atoms with Gasteiger partial charge in [-0.25, -0.2) is 15.3 Å². The average molecular weight is 370 g/mol. The van der Waals surface area contributed by atoms with Gasteiger partial charge in [-0.2, -0.15) is 18.3 Å². The number of amides is 1. The number of benzene rings is 1. The summed E-state index contributed by atoms with van der Waals surface area (Å²) in [4.78, 5) is 36.1. The number of nitrogens with one attached hydrogen (secondary N) is 4. The van der Waals surface area contributed by atoms with E-state index < -0.39 is 34.9 Å². The van der Waals surface area contributed by atoms with Crippen molar-refractivity contribution in [3.05, 3.63) is 56.2 Å². The number of H-pyrrole nitrogens is 2. The van der Waals surface area contributed by atoms with E-state index >= 15 is 0 Å². The Bertz CT molecular complexity index is 917. The van der Waals surface area contributed by atoms with Gasteiger partial charge in [-0.15, -0.1) is 5.10 Å². The molecule has 0 aliphatic heterocycles. The van der Waals surface area contributed by atoms with Gasteiger partial charge in [0.15, 0.2) is 0 Å². The van der Waals surface area contributed by atoms with Crippen molar-refractivity contribution in [1.82, 2.24) is 20.6 Å². The summed E-state index contributed by atoms with van der Waals surface area (Å²) in [5.41, 5.74) is 0.113. The molecule has 1 atom stereocenters. The summed E-state index contributed by atoms with van der Waals surface area (Å²) in [7, 11) is 0. The number of hydrazone groups is 1. The molecule has 0 spiro atoms. The minimum atomic E-state index is -4.43. The molecule has 138 valence electrons. The van der Waals surface area contributed by atoms with Gasteiger partial charge < -0.3 is 5.32 Å². The van der Waals surface area contributed by atoms with Gasteiger partial charge in [0.2, 0.25) is 5.82 Å². The van der Waals surface area contributed by atoms with Crippen molar-refractivity contribution in [3.8, 4) is 0 Å². The van der Waals surface area contributed by atoms with Crippen LogP contribution in [0.5, 0.6) is 0 Å². The standard InChI is InChI=1S/C14H13F3N6O3/c1-7(19-10-12(25)20-13(26)23-21-10)11(24)22-18-6-8-2-4-9(5-3-8)14(15,16)17/h2-7H,1H3,(H,19,21)(H,22,24)(H2,20,23,25,26)/b18-6+. The van der Waals surface area contributed by atoms with E-state index in [2.05, 4.69) is 20.9 Å². The monoisotopic (exact) mass is 370 g/mol. The van der Waals surface area contributed by atoms with Gasteiger partial charge >= 0.3 is 11.9 Å². The molecule has 2 aromatic rings. The summed E-state index contributed by atoms with van der Waals surface area (Å²) in [6.45, 7) is 1.41. The van der Waals surface area contributed by atoms with Crippen LogP contribution in [0.4, 0.5) is 19.0 Å². The molecule has 0 radical (unpaired) electrons. The number of hydrogen-bond acceptors (Lipinski definition) is 6. The summed E-state index contributed by atoms with van der Waals surface area (Å²) in [5.74, 6) is -0.903. The minimum absolute atomic E-state index is 0.265. The van der Waals surface area contributed by atoms with Crippen LogP contribution in [0.15, 0.2) is 39.0 Å². The van der Waals surface area contributed by atoms with Crippen molar-refractivity contribution < 1.29 is 18.0 Å². The zero-order valence-corrected chi connectivity index (χ0v) is 13.2. The molecule has 12 heteroatoms. The maximum Gasteiger partial charge on any atom is 0.416 e. The molecular weight excluding hydrogens is 357 g/mol. The van der Waals surface area contributed by atoms with Crippen molar-refractivity contribution in [1.29, 1.82) is 0 Å². The van der Waals surface area contributed by atoms with E-state index in [0.29, 0.717) is 5.56 Å². The zero-order valence-electron chi connectivity index (χ0n) is 13.2. The highest BCUT2D eigenvalue weighted by atomic mass is 19.4. The Morgan fingerprint density at radius 3 is 2.50 bits per heavy atom. The smallest absolute Gasteiger partial charge is 0.353 e. The fourth-order valence-corrected chi connectivity index (χ4v) is 1.74. The molecule has 1 amide bonds. The molecule has 0 saturated carbocycles. The second-order valence-electron chi connectivity index (χ2n) is 5.08. The molecule has 4 N–H and O–H groups in total. The molecule has 1 heterocycles. The number of rotatable bonds is 5. The van der Waals surface area contributed by atoms with Crippen LogP contribution in [0.1, 0.15) is 18.1 Å². The van der Waals surface area contributed by atoms with Gasteiger partial charge in [-0.05, 0) is 24.6 Å². The van der Waals surface area contributed by atoms with E-state index in [1.54, 1.807) is 0 Å². The molecule has 0 bridgehead atoms. The largest absolute Gasteiger partial charge is 0.416 e. The van der Waals surface area contributed by atoms with Gasteiger partial charge in [-0.3, -0.25) is 14.6 Å². The van der Waals surface area contributed by atoms with Gasteiger partial charge in [0.1, 0.15) is 6.04 Å². The van der Waals surface area contributed by atoms with Crippen LogP contribution in [-0.2, 0) is 11.0 Å². The van der Waals surface area contributed by atoms with E-state index in [1.165, 1.54) is 19.1 Å². The van der Waals surface area contributed by atoms with Crippen molar-refractivity contribution in [2.45, 2.75) is 19.1 Å². The van der Waals surface area contributed by atoms with Crippen LogP contribution < -0.4 is 22.0 Å². The Kier molecular flexibility index (Phi) is 5.54. The highest BCUT2D eigenvalue weighted by Gasteiger charge is 2.29. The molecule has 0 saturated heterocycles. The Labute approximate surface area is 143 Å². The topological polar surface area (TPSA) is 132 Å². The van der Waals surface area contributed by atoms with Crippen LogP contribution in [0.3, 0.4) is 0 Å². The summed E-state index contributed by atoms with van der Waals surface area (Å²) in [5, 5.41) is 11.5. The maximum absolute atomic E-state index is 12.4. The molecule has 1 aromatic carbocycles. The third-order valence-electron chi connectivity index (χ3n) is 3.08. The Balaban J connectivity index is 1.93. The van der Waals surface area contributed by atoms with E-state index in [1.807, 2.05) is 10.1 Å². The Morgan fingerprint density at radius 1 is 1.27 bits per heavy atom. The van der Waals surface area contributed by atoms with E-state index in [0.717, 1.165) is 18.3 Å². The molecule has 1 aromatic heterocycles. The summed E-state index contributed by atoms with van der Waals surface area (Å²) < 4.78 is 37.3. The number of carbonyl (C=O) groups is 1.